The number of nitrogens with one attached hydrogen (secondary N) is 1. The van der Waals surface area contributed by atoms with Crippen molar-refractivity contribution >= 4 is 28.9 Å². The van der Waals surface area contributed by atoms with Gasteiger partial charge in [-0.3, -0.25) is 0 Å². The molecule has 0 atom stereocenters. The fourth-order valence-corrected chi connectivity index (χ4v) is 1.30. The molecule has 0 fully saturated rings. The van der Waals surface area contributed by atoms with E-state index in [1.165, 1.54) is 0 Å². The standard InChI is InChI=1S/C10H13Cl2NO/c1-10(2,6-14)13-7-3-4-8(11)9(12)5-7/h3-5,13-14H,6H2,1-2H3. The number of anilines is 1. The number of hydrogen-bond acceptors (Lipinski definition) is 2. The molecule has 0 spiro atoms. The Kier molecular flexibility index (Phi) is 3.65. The number of hydrogen-bond donors (Lipinski definition) is 2. The maximum Gasteiger partial charge on any atom is 0.0656 e. The molecule has 0 radical (unpaired) electrons. The van der Waals surface area contributed by atoms with Crippen LogP contribution in [0.15, 0.2) is 18.2 Å². The zero-order valence-corrected chi connectivity index (χ0v) is 9.65. The lowest BCUT2D eigenvalue weighted by Gasteiger charge is -2.25. The van der Waals surface area contributed by atoms with E-state index < -0.39 is 0 Å². The van der Waals surface area contributed by atoms with Crippen LogP contribution in [0.2, 0.25) is 10.0 Å². The normalized spacial score (nSPS) is 11.5. The molecule has 0 aromatic heterocycles. The molecule has 0 saturated heterocycles. The third-order valence-electron chi connectivity index (χ3n) is 1.80. The van der Waals surface area contributed by atoms with E-state index in [0.717, 1.165) is 5.69 Å². The molecule has 0 aliphatic carbocycles. The quantitative estimate of drug-likeness (QED) is 0.841. The van der Waals surface area contributed by atoms with Gasteiger partial charge in [-0.05, 0) is 32.0 Å². The molecule has 0 heterocycles. The van der Waals surface area contributed by atoms with Gasteiger partial charge in [-0.15, -0.1) is 0 Å². The molecule has 2 nitrogen and oxygen atoms in total. The van der Waals surface area contributed by atoms with E-state index in [-0.39, 0.29) is 12.1 Å². The molecule has 4 heteroatoms. The van der Waals surface area contributed by atoms with Gasteiger partial charge in [-0.2, -0.15) is 0 Å². The zero-order chi connectivity index (χ0) is 10.8. The largest absolute Gasteiger partial charge is 0.394 e. The molecular weight excluding hydrogens is 221 g/mol. The SMILES string of the molecule is CC(C)(CO)Nc1ccc(Cl)c(Cl)c1. The smallest absolute Gasteiger partial charge is 0.0656 e. The van der Waals surface area contributed by atoms with Crippen LogP contribution >= 0.6 is 23.2 Å². The second-order valence-corrected chi connectivity index (χ2v) is 4.61. The van der Waals surface area contributed by atoms with Crippen molar-refractivity contribution in [3.8, 4) is 0 Å². The molecule has 0 aliphatic rings. The Morgan fingerprint density at radius 1 is 1.29 bits per heavy atom. The summed E-state index contributed by atoms with van der Waals surface area (Å²) in [6.07, 6.45) is 0. The summed E-state index contributed by atoms with van der Waals surface area (Å²) in [5.41, 5.74) is 0.482. The van der Waals surface area contributed by atoms with Crippen LogP contribution in [0.4, 0.5) is 5.69 Å². The van der Waals surface area contributed by atoms with Crippen LogP contribution in [0, 0.1) is 0 Å². The van der Waals surface area contributed by atoms with Gasteiger partial charge in [0.05, 0.1) is 22.2 Å². The Bertz CT molecular complexity index is 326. The Morgan fingerprint density at radius 2 is 1.93 bits per heavy atom. The molecule has 0 amide bonds. The van der Waals surface area contributed by atoms with Crippen molar-refractivity contribution in [1.29, 1.82) is 0 Å². The first-order valence-corrected chi connectivity index (χ1v) is 5.04. The van der Waals surface area contributed by atoms with Crippen molar-refractivity contribution in [2.75, 3.05) is 11.9 Å². The van der Waals surface area contributed by atoms with Crippen LogP contribution in [0.25, 0.3) is 0 Å². The summed E-state index contributed by atoms with van der Waals surface area (Å²) in [5, 5.41) is 13.2. The van der Waals surface area contributed by atoms with E-state index in [1.807, 2.05) is 19.9 Å². The van der Waals surface area contributed by atoms with Gasteiger partial charge in [0, 0.05) is 5.69 Å². The number of aliphatic hydroxyl groups excluding tert-OH is 1. The van der Waals surface area contributed by atoms with Gasteiger partial charge in [0.15, 0.2) is 0 Å². The van der Waals surface area contributed by atoms with Crippen molar-refractivity contribution in [1.82, 2.24) is 0 Å². The lowest BCUT2D eigenvalue weighted by molar-refractivity contribution is 0.234. The highest BCUT2D eigenvalue weighted by molar-refractivity contribution is 6.42. The molecular formula is C10H13Cl2NO. The molecule has 2 N–H and O–H groups in total. The van der Waals surface area contributed by atoms with Crippen molar-refractivity contribution in [2.24, 2.45) is 0 Å². The van der Waals surface area contributed by atoms with Crippen LogP contribution in [0.3, 0.4) is 0 Å². The van der Waals surface area contributed by atoms with E-state index >= 15 is 0 Å². The lowest BCUT2D eigenvalue weighted by Crippen LogP contribution is -2.34. The lowest BCUT2D eigenvalue weighted by atomic mass is 10.1. The molecule has 0 unspecified atom stereocenters. The minimum Gasteiger partial charge on any atom is -0.394 e. The number of halogens is 2. The third-order valence-corrected chi connectivity index (χ3v) is 2.54. The predicted octanol–water partition coefficient (Wildman–Crippen LogP) is 3.18. The maximum absolute atomic E-state index is 9.06. The molecule has 1 rings (SSSR count). The van der Waals surface area contributed by atoms with Gasteiger partial charge in [0.1, 0.15) is 0 Å². The Hall–Kier alpha value is -0.440. The van der Waals surface area contributed by atoms with Crippen molar-refractivity contribution in [3.63, 3.8) is 0 Å². The highest BCUT2D eigenvalue weighted by atomic mass is 35.5. The first-order chi connectivity index (χ1) is 6.44. The first-order valence-electron chi connectivity index (χ1n) is 4.29. The highest BCUT2D eigenvalue weighted by Gasteiger charge is 2.15. The zero-order valence-electron chi connectivity index (χ0n) is 8.14. The average Bonchev–Trinajstić information content (AvgIpc) is 2.11. The number of rotatable bonds is 3. The summed E-state index contributed by atoms with van der Waals surface area (Å²) < 4.78 is 0. The summed E-state index contributed by atoms with van der Waals surface area (Å²) >= 11 is 11.6. The van der Waals surface area contributed by atoms with E-state index in [2.05, 4.69) is 5.32 Å². The summed E-state index contributed by atoms with van der Waals surface area (Å²) in [5.74, 6) is 0. The van der Waals surface area contributed by atoms with Gasteiger partial charge >= 0.3 is 0 Å². The predicted molar refractivity (Wildman–Crippen MR) is 61.2 cm³/mol. The van der Waals surface area contributed by atoms with E-state index in [9.17, 15) is 0 Å². The van der Waals surface area contributed by atoms with Crippen LogP contribution in [-0.4, -0.2) is 17.3 Å². The molecule has 78 valence electrons. The second kappa shape index (κ2) is 4.39. The van der Waals surface area contributed by atoms with Crippen LogP contribution < -0.4 is 5.32 Å². The monoisotopic (exact) mass is 233 g/mol. The minimum atomic E-state index is -0.364. The fraction of sp³-hybridized carbons (Fsp3) is 0.400. The summed E-state index contributed by atoms with van der Waals surface area (Å²) in [4.78, 5) is 0. The highest BCUT2D eigenvalue weighted by Crippen LogP contribution is 2.26. The molecule has 0 saturated carbocycles. The van der Waals surface area contributed by atoms with Crippen molar-refractivity contribution in [3.05, 3.63) is 28.2 Å². The first kappa shape index (κ1) is 11.6. The van der Waals surface area contributed by atoms with Crippen LogP contribution in [0.1, 0.15) is 13.8 Å². The molecule has 14 heavy (non-hydrogen) atoms. The van der Waals surface area contributed by atoms with Gasteiger partial charge in [-0.25, -0.2) is 0 Å². The van der Waals surface area contributed by atoms with Crippen molar-refractivity contribution in [2.45, 2.75) is 19.4 Å². The summed E-state index contributed by atoms with van der Waals surface area (Å²) in [7, 11) is 0. The third kappa shape index (κ3) is 3.05. The van der Waals surface area contributed by atoms with Gasteiger partial charge in [0.2, 0.25) is 0 Å². The molecule has 1 aromatic carbocycles. The summed E-state index contributed by atoms with van der Waals surface area (Å²) in [6.45, 7) is 3.85. The Morgan fingerprint density at radius 3 is 2.43 bits per heavy atom. The van der Waals surface area contributed by atoms with Gasteiger partial charge in [0.25, 0.3) is 0 Å². The summed E-state index contributed by atoms with van der Waals surface area (Å²) in [6, 6.07) is 5.28. The van der Waals surface area contributed by atoms with Crippen LogP contribution in [0.5, 0.6) is 0 Å². The van der Waals surface area contributed by atoms with Gasteiger partial charge in [-0.1, -0.05) is 23.2 Å². The Labute approximate surface area is 93.8 Å². The maximum atomic E-state index is 9.06. The molecule has 0 bridgehead atoms. The second-order valence-electron chi connectivity index (χ2n) is 3.80. The minimum absolute atomic E-state index is 0.0489. The van der Waals surface area contributed by atoms with E-state index in [4.69, 9.17) is 28.3 Å². The topological polar surface area (TPSA) is 32.3 Å². The molecule has 1 aromatic rings. The van der Waals surface area contributed by atoms with Crippen LogP contribution in [-0.2, 0) is 0 Å². The van der Waals surface area contributed by atoms with E-state index in [0.29, 0.717) is 10.0 Å². The van der Waals surface area contributed by atoms with Gasteiger partial charge < -0.3 is 10.4 Å². The average molecular weight is 234 g/mol. The number of benzene rings is 1. The molecule has 0 aliphatic heterocycles. The Balaban J connectivity index is 2.83. The fourth-order valence-electron chi connectivity index (χ4n) is 1.00. The number of aliphatic hydroxyl groups is 1. The van der Waals surface area contributed by atoms with Crippen molar-refractivity contribution < 1.29 is 5.11 Å². The van der Waals surface area contributed by atoms with E-state index in [1.54, 1.807) is 12.1 Å².